The minimum Gasteiger partial charge on any atom is -0.462 e. The molecule has 1 aliphatic rings. The van der Waals surface area contributed by atoms with Crippen LogP contribution < -0.4 is 5.32 Å². The second kappa shape index (κ2) is 10.6. The number of thioether (sulfide) groups is 1. The number of carbonyl (C=O) groups excluding carboxylic acids is 2. The molecular formula is C22H24N4O3S3. The number of aryl methyl sites for hydroxylation is 1. The number of aromatic nitrogens is 2. The Morgan fingerprint density at radius 2 is 2.03 bits per heavy atom. The first-order valence-electron chi connectivity index (χ1n) is 10.3. The summed E-state index contributed by atoms with van der Waals surface area (Å²) in [6, 6.07) is 10.3. The Balaban J connectivity index is 1.49. The van der Waals surface area contributed by atoms with Crippen molar-refractivity contribution in [2.75, 3.05) is 24.2 Å². The molecule has 0 spiro atoms. The minimum absolute atomic E-state index is 0.173. The van der Waals surface area contributed by atoms with Crippen LogP contribution in [0.5, 0.6) is 0 Å². The molecule has 2 aromatic heterocycles. The van der Waals surface area contributed by atoms with Crippen molar-refractivity contribution in [1.82, 2.24) is 15.1 Å². The molecule has 0 saturated carbocycles. The zero-order valence-corrected chi connectivity index (χ0v) is 20.4. The number of nitrogens with zero attached hydrogens (tertiary/aromatic N) is 3. The summed E-state index contributed by atoms with van der Waals surface area (Å²) in [5.41, 5.74) is 2.77. The third-order valence-corrected chi connectivity index (χ3v) is 8.06. The number of rotatable bonds is 8. The number of anilines is 1. The number of hydrogen-bond acceptors (Lipinski definition) is 9. The molecule has 0 unspecified atom stereocenters. The van der Waals surface area contributed by atoms with Gasteiger partial charge < -0.3 is 10.1 Å². The van der Waals surface area contributed by atoms with Gasteiger partial charge in [-0.1, -0.05) is 53.4 Å². The van der Waals surface area contributed by atoms with E-state index in [0.717, 1.165) is 45.8 Å². The van der Waals surface area contributed by atoms with Gasteiger partial charge >= 0.3 is 5.97 Å². The molecule has 1 N–H and O–H groups in total. The highest BCUT2D eigenvalue weighted by molar-refractivity contribution is 8.01. The predicted molar refractivity (Wildman–Crippen MR) is 129 cm³/mol. The highest BCUT2D eigenvalue weighted by Gasteiger charge is 2.29. The summed E-state index contributed by atoms with van der Waals surface area (Å²) >= 11 is 4.28. The molecule has 168 valence electrons. The van der Waals surface area contributed by atoms with Gasteiger partial charge in [0.2, 0.25) is 5.91 Å². The fourth-order valence-corrected chi connectivity index (χ4v) is 6.48. The first-order valence-corrected chi connectivity index (χ1v) is 13.0. The van der Waals surface area contributed by atoms with Crippen LogP contribution in [0.15, 0.2) is 34.7 Å². The van der Waals surface area contributed by atoms with Crippen molar-refractivity contribution in [3.05, 3.63) is 56.9 Å². The second-order valence-electron chi connectivity index (χ2n) is 7.30. The first kappa shape index (κ1) is 22.9. The molecule has 0 bridgehead atoms. The Hall–Kier alpha value is -2.27. The Morgan fingerprint density at radius 3 is 2.75 bits per heavy atom. The monoisotopic (exact) mass is 488 g/mol. The largest absolute Gasteiger partial charge is 0.462 e. The lowest BCUT2D eigenvalue weighted by Gasteiger charge is -2.27. The van der Waals surface area contributed by atoms with Gasteiger partial charge in [0, 0.05) is 24.5 Å². The molecule has 1 aromatic carbocycles. The number of nitrogens with one attached hydrogen (secondary N) is 1. The molecule has 4 rings (SSSR count). The lowest BCUT2D eigenvalue weighted by Crippen LogP contribution is -2.30. The van der Waals surface area contributed by atoms with Crippen LogP contribution in [0, 0.1) is 6.92 Å². The van der Waals surface area contributed by atoms with E-state index < -0.39 is 0 Å². The van der Waals surface area contributed by atoms with Crippen LogP contribution in [0.25, 0.3) is 0 Å². The van der Waals surface area contributed by atoms with Crippen molar-refractivity contribution >= 4 is 51.3 Å². The summed E-state index contributed by atoms with van der Waals surface area (Å²) in [4.78, 5) is 28.8. The van der Waals surface area contributed by atoms with Gasteiger partial charge in [0.25, 0.3) is 0 Å². The Kier molecular flexibility index (Phi) is 7.56. The van der Waals surface area contributed by atoms with E-state index in [1.807, 2.05) is 25.1 Å². The molecule has 1 amide bonds. The summed E-state index contributed by atoms with van der Waals surface area (Å²) < 4.78 is 6.07. The third kappa shape index (κ3) is 5.55. The van der Waals surface area contributed by atoms with E-state index >= 15 is 0 Å². The van der Waals surface area contributed by atoms with Crippen LogP contribution in [0.2, 0.25) is 0 Å². The summed E-state index contributed by atoms with van der Waals surface area (Å²) in [6.07, 6.45) is 0.751. The number of ether oxygens (including phenoxy) is 1. The standard InChI is InChI=1S/C22H24N4O3S3/c1-3-29-21(28)19-16-9-10-26(11-15-7-5-4-6-8-15)12-17(16)32-20(19)23-18(27)13-30-22-25-24-14(2)31-22/h4-8H,3,9-13H2,1-2H3,(H,23,27). The van der Waals surface area contributed by atoms with Crippen LogP contribution in [-0.2, 0) is 29.0 Å². The maximum Gasteiger partial charge on any atom is 0.341 e. The van der Waals surface area contributed by atoms with Gasteiger partial charge in [0.1, 0.15) is 10.0 Å². The fraction of sp³-hybridized carbons (Fsp3) is 0.364. The molecule has 7 nitrogen and oxygen atoms in total. The summed E-state index contributed by atoms with van der Waals surface area (Å²) in [5.74, 6) is -0.336. The van der Waals surface area contributed by atoms with Crippen LogP contribution in [-0.4, -0.2) is 45.9 Å². The summed E-state index contributed by atoms with van der Waals surface area (Å²) in [6.45, 7) is 6.41. The highest BCUT2D eigenvalue weighted by atomic mass is 32.2. The molecule has 0 radical (unpaired) electrons. The maximum atomic E-state index is 12.7. The van der Waals surface area contributed by atoms with Crippen LogP contribution in [0.3, 0.4) is 0 Å². The number of hydrogen-bond donors (Lipinski definition) is 1. The molecule has 0 fully saturated rings. The van der Waals surface area contributed by atoms with Crippen molar-refractivity contribution in [3.63, 3.8) is 0 Å². The van der Waals surface area contributed by atoms with E-state index in [1.165, 1.54) is 40.0 Å². The minimum atomic E-state index is -0.371. The highest BCUT2D eigenvalue weighted by Crippen LogP contribution is 2.38. The van der Waals surface area contributed by atoms with Crippen molar-refractivity contribution < 1.29 is 14.3 Å². The quantitative estimate of drug-likeness (QED) is 0.372. The average molecular weight is 489 g/mol. The zero-order chi connectivity index (χ0) is 22.5. The van der Waals surface area contributed by atoms with E-state index in [-0.39, 0.29) is 17.6 Å². The van der Waals surface area contributed by atoms with E-state index in [4.69, 9.17) is 4.74 Å². The molecule has 0 aliphatic carbocycles. The van der Waals surface area contributed by atoms with Gasteiger partial charge in [-0.05, 0) is 31.4 Å². The van der Waals surface area contributed by atoms with Gasteiger partial charge in [-0.25, -0.2) is 4.79 Å². The van der Waals surface area contributed by atoms with Crippen molar-refractivity contribution in [2.24, 2.45) is 0 Å². The zero-order valence-electron chi connectivity index (χ0n) is 17.9. The fourth-order valence-electron chi connectivity index (χ4n) is 3.57. The molecule has 32 heavy (non-hydrogen) atoms. The molecule has 3 heterocycles. The summed E-state index contributed by atoms with van der Waals surface area (Å²) in [5, 5.41) is 12.4. The normalized spacial score (nSPS) is 13.6. The number of benzene rings is 1. The van der Waals surface area contributed by atoms with Crippen LogP contribution >= 0.6 is 34.4 Å². The number of thiophene rings is 1. The van der Waals surface area contributed by atoms with Gasteiger partial charge in [0.15, 0.2) is 4.34 Å². The molecule has 3 aromatic rings. The molecule has 0 saturated heterocycles. The Bertz CT molecular complexity index is 1100. The van der Waals surface area contributed by atoms with E-state index in [0.29, 0.717) is 17.2 Å². The van der Waals surface area contributed by atoms with Crippen molar-refractivity contribution in [1.29, 1.82) is 0 Å². The van der Waals surface area contributed by atoms with Gasteiger partial charge in [-0.3, -0.25) is 9.69 Å². The Labute approximate surface area is 199 Å². The number of amides is 1. The smallest absolute Gasteiger partial charge is 0.341 e. The Morgan fingerprint density at radius 1 is 1.22 bits per heavy atom. The van der Waals surface area contributed by atoms with E-state index in [2.05, 4.69) is 32.5 Å². The number of esters is 1. The van der Waals surface area contributed by atoms with Gasteiger partial charge in [0.05, 0.1) is 17.9 Å². The van der Waals surface area contributed by atoms with E-state index in [1.54, 1.807) is 6.92 Å². The van der Waals surface area contributed by atoms with Crippen LogP contribution in [0.1, 0.15) is 38.3 Å². The number of fused-ring (bicyclic) bond motifs is 1. The molecule has 1 aliphatic heterocycles. The van der Waals surface area contributed by atoms with Crippen LogP contribution in [0.4, 0.5) is 5.00 Å². The van der Waals surface area contributed by atoms with E-state index in [9.17, 15) is 9.59 Å². The average Bonchev–Trinajstić information content (AvgIpc) is 3.35. The SMILES string of the molecule is CCOC(=O)c1c(NC(=O)CSc2nnc(C)s2)sc2c1CCN(Cc1ccccc1)C2. The molecular weight excluding hydrogens is 464 g/mol. The lowest BCUT2D eigenvalue weighted by molar-refractivity contribution is -0.113. The topological polar surface area (TPSA) is 84.4 Å². The third-order valence-electron chi connectivity index (χ3n) is 4.95. The predicted octanol–water partition coefficient (Wildman–Crippen LogP) is 4.37. The maximum absolute atomic E-state index is 12.7. The molecule has 10 heteroatoms. The first-order chi connectivity index (χ1) is 15.5. The number of carbonyl (C=O) groups is 2. The molecule has 0 atom stereocenters. The lowest BCUT2D eigenvalue weighted by atomic mass is 10.0. The second-order valence-corrected chi connectivity index (χ2v) is 10.8. The van der Waals surface area contributed by atoms with Crippen molar-refractivity contribution in [3.8, 4) is 0 Å². The van der Waals surface area contributed by atoms with Gasteiger partial charge in [-0.15, -0.1) is 21.5 Å². The van der Waals surface area contributed by atoms with Crippen molar-refractivity contribution in [2.45, 2.75) is 37.7 Å². The summed E-state index contributed by atoms with van der Waals surface area (Å²) in [7, 11) is 0. The van der Waals surface area contributed by atoms with Gasteiger partial charge in [-0.2, -0.15) is 0 Å².